The molecule has 26 heavy (non-hydrogen) atoms. The molecule has 2 atom stereocenters. The lowest BCUT2D eigenvalue weighted by Crippen LogP contribution is -2.33. The first-order chi connectivity index (χ1) is 12.2. The third-order valence-corrected chi connectivity index (χ3v) is 4.87. The van der Waals surface area contributed by atoms with E-state index in [0.717, 1.165) is 12.1 Å². The molecule has 2 rings (SSSR count). The van der Waals surface area contributed by atoms with E-state index >= 15 is 0 Å². The number of primary amides is 1. The summed E-state index contributed by atoms with van der Waals surface area (Å²) in [5.41, 5.74) is 5.88. The van der Waals surface area contributed by atoms with Gasteiger partial charge in [-0.2, -0.15) is 0 Å². The summed E-state index contributed by atoms with van der Waals surface area (Å²) in [5.74, 6) is 3.47. The molecule has 0 aliphatic carbocycles. The van der Waals surface area contributed by atoms with E-state index in [4.69, 9.17) is 5.73 Å². The summed E-state index contributed by atoms with van der Waals surface area (Å²) in [6, 6.07) is 10.7. The lowest BCUT2D eigenvalue weighted by Gasteiger charge is -2.09. The molecule has 4 N–H and O–H groups in total. The van der Waals surface area contributed by atoms with Crippen molar-refractivity contribution in [2.24, 2.45) is 11.7 Å². The number of nitrogens with one attached hydrogen (secondary N) is 1. The zero-order valence-corrected chi connectivity index (χ0v) is 14.6. The number of hydrogen-bond acceptors (Lipinski definition) is 4. The fourth-order valence-electron chi connectivity index (χ4n) is 1.97. The average molecular weight is 376 g/mol. The number of aliphatic hydroxyl groups is 1. The number of anilines is 1. The van der Waals surface area contributed by atoms with Gasteiger partial charge in [0.15, 0.2) is 0 Å². The highest BCUT2D eigenvalue weighted by atomic mass is 32.2. The molecule has 0 fully saturated rings. The maximum absolute atomic E-state index is 12.9. The van der Waals surface area contributed by atoms with Gasteiger partial charge in [-0.05, 0) is 55.5 Å². The molecule has 2 aromatic carbocycles. The molecular formula is C18H17FN2O4S. The molecule has 2 aromatic rings. The van der Waals surface area contributed by atoms with Gasteiger partial charge in [-0.15, -0.1) is 0 Å². The summed E-state index contributed by atoms with van der Waals surface area (Å²) in [5, 5.41) is 9.49. The topological polar surface area (TPSA) is 109 Å². The Morgan fingerprint density at radius 2 is 1.73 bits per heavy atom. The SMILES string of the molecule is CC(C#Cc1ccc(NS(=O)(=O)c2ccc(F)cc2)cc1)C(O)C(N)=O. The van der Waals surface area contributed by atoms with Crippen molar-refractivity contribution in [2.45, 2.75) is 17.9 Å². The van der Waals surface area contributed by atoms with Crippen LogP contribution in [0.1, 0.15) is 12.5 Å². The Balaban J connectivity index is 2.10. The minimum absolute atomic E-state index is 0.0583. The molecular weight excluding hydrogens is 359 g/mol. The first-order valence-electron chi connectivity index (χ1n) is 7.56. The summed E-state index contributed by atoms with van der Waals surface area (Å²) in [6.45, 7) is 1.56. The summed E-state index contributed by atoms with van der Waals surface area (Å²) < 4.78 is 39.7. The van der Waals surface area contributed by atoms with Crippen molar-refractivity contribution in [3.8, 4) is 11.8 Å². The summed E-state index contributed by atoms with van der Waals surface area (Å²) >= 11 is 0. The van der Waals surface area contributed by atoms with Gasteiger partial charge in [0.05, 0.1) is 10.8 Å². The Labute approximate surface area is 150 Å². The van der Waals surface area contributed by atoms with Crippen molar-refractivity contribution >= 4 is 21.6 Å². The highest BCUT2D eigenvalue weighted by Gasteiger charge is 2.17. The first-order valence-corrected chi connectivity index (χ1v) is 9.05. The number of rotatable bonds is 5. The molecule has 6 nitrogen and oxygen atoms in total. The van der Waals surface area contributed by atoms with E-state index in [0.29, 0.717) is 11.3 Å². The van der Waals surface area contributed by atoms with E-state index < -0.39 is 33.8 Å². The average Bonchev–Trinajstić information content (AvgIpc) is 2.60. The van der Waals surface area contributed by atoms with Gasteiger partial charge in [0.1, 0.15) is 11.9 Å². The Morgan fingerprint density at radius 1 is 1.15 bits per heavy atom. The van der Waals surface area contributed by atoms with Crippen LogP contribution >= 0.6 is 0 Å². The maximum atomic E-state index is 12.9. The Kier molecular flexibility index (Phi) is 5.97. The third-order valence-electron chi connectivity index (χ3n) is 3.47. The second-order valence-electron chi connectivity index (χ2n) is 5.54. The van der Waals surface area contributed by atoms with Crippen LogP contribution in [0.5, 0.6) is 0 Å². The molecule has 0 spiro atoms. The van der Waals surface area contributed by atoms with Crippen LogP contribution in [0.4, 0.5) is 10.1 Å². The van der Waals surface area contributed by atoms with Crippen molar-refractivity contribution < 1.29 is 22.7 Å². The maximum Gasteiger partial charge on any atom is 0.261 e. The number of carbonyl (C=O) groups excluding carboxylic acids is 1. The molecule has 8 heteroatoms. The van der Waals surface area contributed by atoms with Crippen molar-refractivity contribution in [3.63, 3.8) is 0 Å². The lowest BCUT2D eigenvalue weighted by molar-refractivity contribution is -0.127. The van der Waals surface area contributed by atoms with Crippen LogP contribution in [-0.2, 0) is 14.8 Å². The molecule has 0 radical (unpaired) electrons. The molecule has 0 aliphatic heterocycles. The van der Waals surface area contributed by atoms with Crippen molar-refractivity contribution in [3.05, 3.63) is 59.9 Å². The third kappa shape index (κ3) is 5.05. The molecule has 0 bridgehead atoms. The molecule has 0 saturated carbocycles. The number of amides is 1. The van der Waals surface area contributed by atoms with E-state index in [-0.39, 0.29) is 4.90 Å². The highest BCUT2D eigenvalue weighted by Crippen LogP contribution is 2.17. The molecule has 0 heterocycles. The van der Waals surface area contributed by atoms with E-state index in [1.807, 2.05) is 0 Å². The van der Waals surface area contributed by atoms with Gasteiger partial charge in [-0.3, -0.25) is 9.52 Å². The van der Waals surface area contributed by atoms with Gasteiger partial charge in [0.2, 0.25) is 5.91 Å². The Hall–Kier alpha value is -2.89. The molecule has 0 saturated heterocycles. The van der Waals surface area contributed by atoms with Gasteiger partial charge in [-0.25, -0.2) is 12.8 Å². The molecule has 2 unspecified atom stereocenters. The lowest BCUT2D eigenvalue weighted by atomic mass is 10.0. The molecule has 136 valence electrons. The number of benzene rings is 2. The first kappa shape index (κ1) is 19.4. The number of aliphatic hydroxyl groups excluding tert-OH is 1. The van der Waals surface area contributed by atoms with Crippen molar-refractivity contribution in [1.82, 2.24) is 0 Å². The fourth-order valence-corrected chi connectivity index (χ4v) is 3.03. The minimum Gasteiger partial charge on any atom is -0.382 e. The van der Waals surface area contributed by atoms with E-state index in [1.54, 1.807) is 19.1 Å². The van der Waals surface area contributed by atoms with E-state index in [1.165, 1.54) is 24.3 Å². The zero-order valence-electron chi connectivity index (χ0n) is 13.8. The van der Waals surface area contributed by atoms with Gasteiger partial charge >= 0.3 is 0 Å². The largest absolute Gasteiger partial charge is 0.382 e. The minimum atomic E-state index is -3.83. The number of carbonyl (C=O) groups is 1. The summed E-state index contributed by atoms with van der Waals surface area (Å²) in [7, 11) is -3.83. The smallest absolute Gasteiger partial charge is 0.261 e. The number of nitrogens with two attached hydrogens (primary N) is 1. The standard InChI is InChI=1S/C18H17FN2O4S/c1-12(17(22)18(20)23)2-3-13-4-8-15(9-5-13)21-26(24,25)16-10-6-14(19)7-11-16/h4-12,17,21-22H,1H3,(H2,20,23). The fraction of sp³-hybridized carbons (Fsp3) is 0.167. The number of halogens is 1. The van der Waals surface area contributed by atoms with Crippen molar-refractivity contribution in [2.75, 3.05) is 4.72 Å². The van der Waals surface area contributed by atoms with Gasteiger partial charge in [0.25, 0.3) is 10.0 Å². The van der Waals surface area contributed by atoms with Crippen LogP contribution in [-0.4, -0.2) is 25.5 Å². The molecule has 0 aliphatic rings. The monoisotopic (exact) mass is 376 g/mol. The normalized spacial score (nSPS) is 13.2. The van der Waals surface area contributed by atoms with Gasteiger partial charge in [-0.1, -0.05) is 11.8 Å². The Morgan fingerprint density at radius 3 is 2.27 bits per heavy atom. The van der Waals surface area contributed by atoms with Gasteiger partial charge < -0.3 is 10.8 Å². The number of hydrogen-bond donors (Lipinski definition) is 3. The van der Waals surface area contributed by atoms with Crippen LogP contribution in [0, 0.1) is 23.6 Å². The van der Waals surface area contributed by atoms with E-state index in [9.17, 15) is 22.7 Å². The van der Waals surface area contributed by atoms with Crippen LogP contribution < -0.4 is 10.5 Å². The van der Waals surface area contributed by atoms with E-state index in [2.05, 4.69) is 16.6 Å². The predicted molar refractivity (Wildman–Crippen MR) is 94.9 cm³/mol. The molecule has 0 aromatic heterocycles. The van der Waals surface area contributed by atoms with Crippen LogP contribution in [0.2, 0.25) is 0 Å². The van der Waals surface area contributed by atoms with Gasteiger partial charge in [0, 0.05) is 11.3 Å². The summed E-state index contributed by atoms with van der Waals surface area (Å²) in [6.07, 6.45) is -1.36. The van der Waals surface area contributed by atoms with Crippen LogP contribution in [0.3, 0.4) is 0 Å². The predicted octanol–water partition coefficient (Wildman–Crippen LogP) is 1.46. The van der Waals surface area contributed by atoms with Crippen LogP contribution in [0.25, 0.3) is 0 Å². The Bertz CT molecular complexity index is 945. The highest BCUT2D eigenvalue weighted by molar-refractivity contribution is 7.92. The second-order valence-corrected chi connectivity index (χ2v) is 7.22. The number of sulfonamides is 1. The van der Waals surface area contributed by atoms with Crippen molar-refractivity contribution in [1.29, 1.82) is 0 Å². The quantitative estimate of drug-likeness (QED) is 0.686. The summed E-state index contributed by atoms with van der Waals surface area (Å²) in [4.78, 5) is 10.8. The second kappa shape index (κ2) is 7.99. The van der Waals surface area contributed by atoms with Crippen LogP contribution in [0.15, 0.2) is 53.4 Å². The zero-order chi connectivity index (χ0) is 19.3. The molecule has 1 amide bonds.